The number of amides is 1. The number of hydrogen-bond acceptors (Lipinski definition) is 7. The molecule has 0 atom stereocenters. The number of alkyl halides is 3. The number of thioether (sulfide) groups is 1. The number of aromatic nitrogens is 5. The number of carbonyl (C=O) groups is 1. The summed E-state index contributed by atoms with van der Waals surface area (Å²) >= 11 is 1.25. The number of nitrogens with one attached hydrogen (secondary N) is 1. The van der Waals surface area contributed by atoms with Crippen LogP contribution in [0.3, 0.4) is 0 Å². The van der Waals surface area contributed by atoms with Gasteiger partial charge in [0, 0.05) is 18.8 Å². The highest BCUT2D eigenvalue weighted by Crippen LogP contribution is 2.31. The Morgan fingerprint density at radius 1 is 1.36 bits per heavy atom. The molecule has 2 aromatic rings. The van der Waals surface area contributed by atoms with Crippen LogP contribution in [0.25, 0.3) is 0 Å². The lowest BCUT2D eigenvalue weighted by Crippen LogP contribution is -2.25. The van der Waals surface area contributed by atoms with Crippen LogP contribution in [0.5, 0.6) is 5.88 Å². The molecule has 0 bridgehead atoms. The lowest BCUT2D eigenvalue weighted by Gasteiger charge is -2.11. The minimum atomic E-state index is -4.43. The summed E-state index contributed by atoms with van der Waals surface area (Å²) in [7, 11) is 0. The van der Waals surface area contributed by atoms with E-state index in [2.05, 4.69) is 30.6 Å². The molecule has 12 heteroatoms. The van der Waals surface area contributed by atoms with Gasteiger partial charge >= 0.3 is 6.18 Å². The van der Waals surface area contributed by atoms with Crippen LogP contribution < -0.4 is 10.1 Å². The van der Waals surface area contributed by atoms with Crippen LogP contribution in [0.4, 0.5) is 13.2 Å². The van der Waals surface area contributed by atoms with Gasteiger partial charge in [-0.1, -0.05) is 24.6 Å². The SMILES string of the molecule is O=C(CSc1nnnn1C1CCCC1)NCc1ccnc(OCC(F)(F)F)c1. The lowest BCUT2D eigenvalue weighted by atomic mass is 10.2. The summed E-state index contributed by atoms with van der Waals surface area (Å²) in [5.74, 6) is -0.245. The van der Waals surface area contributed by atoms with Crippen molar-refractivity contribution < 1.29 is 22.7 Å². The average molecular weight is 416 g/mol. The number of nitrogens with zero attached hydrogens (tertiary/aromatic N) is 5. The fourth-order valence-electron chi connectivity index (χ4n) is 2.84. The third-order valence-electron chi connectivity index (χ3n) is 4.14. The fourth-order valence-corrected chi connectivity index (χ4v) is 3.61. The Kier molecular flexibility index (Phi) is 6.70. The summed E-state index contributed by atoms with van der Waals surface area (Å²) in [6.45, 7) is -1.26. The first-order chi connectivity index (χ1) is 13.4. The van der Waals surface area contributed by atoms with Gasteiger partial charge in [-0.05, 0) is 34.9 Å². The van der Waals surface area contributed by atoms with Gasteiger partial charge in [-0.3, -0.25) is 4.79 Å². The van der Waals surface area contributed by atoms with Gasteiger partial charge in [0.15, 0.2) is 6.61 Å². The molecular weight excluding hydrogens is 397 g/mol. The molecule has 2 aromatic heterocycles. The van der Waals surface area contributed by atoms with Gasteiger partial charge in [0.1, 0.15) is 0 Å². The molecule has 8 nitrogen and oxygen atoms in total. The fraction of sp³-hybridized carbons (Fsp3) is 0.562. The van der Waals surface area contributed by atoms with Gasteiger partial charge in [-0.15, -0.1) is 5.10 Å². The van der Waals surface area contributed by atoms with Gasteiger partial charge in [0.05, 0.1) is 11.8 Å². The van der Waals surface area contributed by atoms with E-state index in [1.807, 2.05) is 0 Å². The molecule has 2 heterocycles. The molecule has 0 unspecified atom stereocenters. The van der Waals surface area contributed by atoms with Gasteiger partial charge in [0.2, 0.25) is 16.9 Å². The third-order valence-corrected chi connectivity index (χ3v) is 5.07. The maximum Gasteiger partial charge on any atom is 0.422 e. The Labute approximate surface area is 163 Å². The highest BCUT2D eigenvalue weighted by atomic mass is 32.2. The highest BCUT2D eigenvalue weighted by Gasteiger charge is 2.28. The van der Waals surface area contributed by atoms with E-state index in [9.17, 15) is 18.0 Å². The highest BCUT2D eigenvalue weighted by molar-refractivity contribution is 7.99. The molecule has 0 spiro atoms. The minimum absolute atomic E-state index is 0.135. The summed E-state index contributed by atoms with van der Waals surface area (Å²) in [6.07, 6.45) is 1.26. The zero-order chi connectivity index (χ0) is 20.0. The molecule has 1 N–H and O–H groups in total. The first-order valence-electron chi connectivity index (χ1n) is 8.72. The predicted molar refractivity (Wildman–Crippen MR) is 93.7 cm³/mol. The molecule has 1 aliphatic carbocycles. The second kappa shape index (κ2) is 9.22. The molecule has 1 fully saturated rings. The van der Waals surface area contributed by atoms with Crippen molar-refractivity contribution >= 4 is 17.7 Å². The van der Waals surface area contributed by atoms with E-state index < -0.39 is 12.8 Å². The van der Waals surface area contributed by atoms with Crippen molar-refractivity contribution in [2.24, 2.45) is 0 Å². The van der Waals surface area contributed by atoms with E-state index in [1.165, 1.54) is 24.0 Å². The van der Waals surface area contributed by atoms with E-state index in [0.29, 0.717) is 10.7 Å². The van der Waals surface area contributed by atoms with Crippen LogP contribution in [-0.4, -0.2) is 49.6 Å². The first kappa shape index (κ1) is 20.4. The molecule has 0 saturated heterocycles. The van der Waals surface area contributed by atoms with Crippen molar-refractivity contribution in [3.8, 4) is 5.88 Å². The van der Waals surface area contributed by atoms with E-state index >= 15 is 0 Å². The molecule has 152 valence electrons. The monoisotopic (exact) mass is 416 g/mol. The summed E-state index contributed by atoms with van der Waals surface area (Å²) < 4.78 is 43.0. The summed E-state index contributed by atoms with van der Waals surface area (Å²) in [5, 5.41) is 15.0. The molecule has 0 aromatic carbocycles. The van der Waals surface area contributed by atoms with Crippen LogP contribution in [-0.2, 0) is 11.3 Å². The largest absolute Gasteiger partial charge is 0.468 e. The van der Waals surface area contributed by atoms with Crippen LogP contribution in [0.15, 0.2) is 23.5 Å². The standard InChI is InChI=1S/C16H19F3N6O2S/c17-16(18,19)10-27-14-7-11(5-6-20-14)8-21-13(26)9-28-15-22-23-24-25(15)12-3-1-2-4-12/h5-7,12H,1-4,8-10H2,(H,21,26). The van der Waals surface area contributed by atoms with Gasteiger partial charge in [-0.2, -0.15) is 13.2 Å². The number of tetrazole rings is 1. The number of halogens is 3. The maximum atomic E-state index is 12.2. The molecule has 0 aliphatic heterocycles. The molecule has 0 radical (unpaired) electrons. The summed E-state index contributed by atoms with van der Waals surface area (Å²) in [5.41, 5.74) is 0.585. The Morgan fingerprint density at radius 2 is 2.14 bits per heavy atom. The van der Waals surface area contributed by atoms with Gasteiger partial charge in [-0.25, -0.2) is 9.67 Å². The predicted octanol–water partition coefficient (Wildman–Crippen LogP) is 2.53. The number of hydrogen-bond donors (Lipinski definition) is 1. The third kappa shape index (κ3) is 6.08. The number of rotatable bonds is 8. The lowest BCUT2D eigenvalue weighted by molar-refractivity contribution is -0.154. The van der Waals surface area contributed by atoms with Gasteiger partial charge < -0.3 is 10.1 Å². The average Bonchev–Trinajstić information content (AvgIpc) is 3.34. The molecule has 1 amide bonds. The van der Waals surface area contributed by atoms with Crippen LogP contribution in [0.1, 0.15) is 37.3 Å². The topological polar surface area (TPSA) is 94.8 Å². The van der Waals surface area contributed by atoms with Crippen molar-refractivity contribution in [3.05, 3.63) is 23.9 Å². The van der Waals surface area contributed by atoms with Crippen molar-refractivity contribution in [2.45, 2.75) is 49.6 Å². The Hall–Kier alpha value is -2.37. The smallest absolute Gasteiger partial charge is 0.422 e. The molecule has 1 aliphatic rings. The zero-order valence-electron chi connectivity index (χ0n) is 14.9. The van der Waals surface area contributed by atoms with E-state index in [0.717, 1.165) is 25.7 Å². The van der Waals surface area contributed by atoms with Crippen molar-refractivity contribution in [1.29, 1.82) is 0 Å². The molecule has 1 saturated carbocycles. The van der Waals surface area contributed by atoms with E-state index in [4.69, 9.17) is 0 Å². The summed E-state index contributed by atoms with van der Waals surface area (Å²) in [6, 6.07) is 3.24. The first-order valence-corrected chi connectivity index (χ1v) is 9.71. The molecular formula is C16H19F3N6O2S. The van der Waals surface area contributed by atoms with Crippen molar-refractivity contribution in [1.82, 2.24) is 30.5 Å². The van der Waals surface area contributed by atoms with E-state index in [1.54, 1.807) is 10.7 Å². The van der Waals surface area contributed by atoms with Crippen molar-refractivity contribution in [3.63, 3.8) is 0 Å². The Balaban J connectivity index is 1.45. The van der Waals surface area contributed by atoms with Crippen LogP contribution >= 0.6 is 11.8 Å². The van der Waals surface area contributed by atoms with E-state index in [-0.39, 0.29) is 30.1 Å². The molecule has 3 rings (SSSR count). The maximum absolute atomic E-state index is 12.2. The minimum Gasteiger partial charge on any atom is -0.468 e. The quantitative estimate of drug-likeness (QED) is 0.661. The van der Waals surface area contributed by atoms with Gasteiger partial charge in [0.25, 0.3) is 0 Å². The Morgan fingerprint density at radius 3 is 2.89 bits per heavy atom. The number of carbonyl (C=O) groups excluding carboxylic acids is 1. The van der Waals surface area contributed by atoms with Crippen molar-refractivity contribution in [2.75, 3.05) is 12.4 Å². The number of ether oxygens (including phenoxy) is 1. The zero-order valence-corrected chi connectivity index (χ0v) is 15.7. The Bertz CT molecular complexity index is 795. The van der Waals surface area contributed by atoms with Crippen LogP contribution in [0, 0.1) is 0 Å². The second-order valence-electron chi connectivity index (χ2n) is 6.32. The summed E-state index contributed by atoms with van der Waals surface area (Å²) in [4.78, 5) is 15.8. The van der Waals surface area contributed by atoms with Crippen LogP contribution in [0.2, 0.25) is 0 Å². The molecule has 28 heavy (non-hydrogen) atoms. The number of pyridine rings is 1. The second-order valence-corrected chi connectivity index (χ2v) is 7.26. The normalized spacial score (nSPS) is 15.0.